The number of quaternary nitrogens is 1. The molecule has 0 heterocycles. The summed E-state index contributed by atoms with van der Waals surface area (Å²) >= 11 is 0. The van der Waals surface area contributed by atoms with Crippen molar-refractivity contribution in [1.29, 1.82) is 0 Å². The summed E-state index contributed by atoms with van der Waals surface area (Å²) in [7, 11) is 1.24. The molecule has 0 radical (unpaired) electrons. The zero-order chi connectivity index (χ0) is 48.5. The fourth-order valence-electron chi connectivity index (χ4n) is 8.34. The highest BCUT2D eigenvalue weighted by molar-refractivity contribution is 7.45. The maximum Gasteiger partial charge on any atom is 0.268 e. The van der Waals surface area contributed by atoms with Crippen LogP contribution in [0.5, 0.6) is 0 Å². The second kappa shape index (κ2) is 48.7. The van der Waals surface area contributed by atoms with Gasteiger partial charge in [0.1, 0.15) is 13.2 Å². The normalized spacial score (nSPS) is 14.2. The zero-order valence-corrected chi connectivity index (χ0v) is 45.3. The first-order valence-electron chi connectivity index (χ1n) is 28.4. The molecule has 0 bridgehead atoms. The van der Waals surface area contributed by atoms with Crippen LogP contribution in [0.4, 0.5) is 0 Å². The third-order valence-corrected chi connectivity index (χ3v) is 13.8. The Morgan fingerprint density at radius 3 is 1.24 bits per heavy atom. The summed E-state index contributed by atoms with van der Waals surface area (Å²) in [5.41, 5.74) is 0. The number of hydrogen-bond acceptors (Lipinski definition) is 6. The molecule has 3 unspecified atom stereocenters. The van der Waals surface area contributed by atoms with Crippen LogP contribution in [-0.4, -0.2) is 68.5 Å². The lowest BCUT2D eigenvalue weighted by Gasteiger charge is -2.29. The lowest BCUT2D eigenvalue weighted by atomic mass is 10.0. The molecule has 2 N–H and O–H groups in total. The number of allylic oxidation sites excluding steroid dienone is 5. The van der Waals surface area contributed by atoms with Crippen LogP contribution < -0.4 is 10.2 Å². The molecule has 8 nitrogen and oxygen atoms in total. The summed E-state index contributed by atoms with van der Waals surface area (Å²) in [4.78, 5) is 25.4. The molecular weight excluding hydrogens is 840 g/mol. The summed E-state index contributed by atoms with van der Waals surface area (Å²) in [6, 6.07) is -0.907. The molecular formula is C57H111N2O6P. The Morgan fingerprint density at radius 2 is 0.848 bits per heavy atom. The van der Waals surface area contributed by atoms with E-state index in [0.717, 1.165) is 57.8 Å². The van der Waals surface area contributed by atoms with Crippen LogP contribution in [0.2, 0.25) is 0 Å². The van der Waals surface area contributed by atoms with Crippen LogP contribution in [0, 0.1) is 0 Å². The topological polar surface area (TPSA) is 108 Å². The molecule has 0 aromatic carbocycles. The van der Waals surface area contributed by atoms with Crippen molar-refractivity contribution >= 4 is 13.7 Å². The Morgan fingerprint density at radius 1 is 0.515 bits per heavy atom. The summed E-state index contributed by atoms with van der Waals surface area (Å²) < 4.78 is 23.3. The van der Waals surface area contributed by atoms with Crippen molar-refractivity contribution in [3.05, 3.63) is 36.5 Å². The van der Waals surface area contributed by atoms with E-state index in [9.17, 15) is 19.4 Å². The molecule has 0 rings (SSSR count). The van der Waals surface area contributed by atoms with Gasteiger partial charge in [0, 0.05) is 6.42 Å². The van der Waals surface area contributed by atoms with Gasteiger partial charge in [0.05, 0.1) is 39.9 Å². The summed E-state index contributed by atoms with van der Waals surface area (Å²) in [5.74, 6) is -0.215. The highest BCUT2D eigenvalue weighted by Gasteiger charge is 2.23. The van der Waals surface area contributed by atoms with Gasteiger partial charge in [-0.25, -0.2) is 0 Å². The number of likely N-dealkylation sites (N-methyl/N-ethyl adjacent to an activating group) is 1. The minimum atomic E-state index is -4.60. The van der Waals surface area contributed by atoms with E-state index in [1.165, 1.54) is 193 Å². The molecule has 0 aliphatic heterocycles. The quantitative estimate of drug-likeness (QED) is 0.0272. The van der Waals surface area contributed by atoms with Crippen LogP contribution in [0.25, 0.3) is 0 Å². The third-order valence-electron chi connectivity index (χ3n) is 12.8. The van der Waals surface area contributed by atoms with Gasteiger partial charge in [-0.15, -0.1) is 0 Å². The number of phosphoric ester groups is 1. The summed E-state index contributed by atoms with van der Waals surface area (Å²) in [6.07, 6.45) is 62.4. The first kappa shape index (κ1) is 64.7. The van der Waals surface area contributed by atoms with Gasteiger partial charge in [-0.05, 0) is 57.8 Å². The predicted molar refractivity (Wildman–Crippen MR) is 284 cm³/mol. The van der Waals surface area contributed by atoms with Crippen molar-refractivity contribution in [3.63, 3.8) is 0 Å². The van der Waals surface area contributed by atoms with Gasteiger partial charge in [0.25, 0.3) is 7.82 Å². The number of nitrogens with zero attached hydrogens (tertiary/aromatic N) is 1. The highest BCUT2D eigenvalue weighted by atomic mass is 31.2. The number of amides is 1. The molecule has 9 heteroatoms. The average molecular weight is 951 g/mol. The van der Waals surface area contributed by atoms with Crippen LogP contribution in [0.1, 0.15) is 271 Å². The number of carbonyl (C=O) groups is 1. The largest absolute Gasteiger partial charge is 0.756 e. The zero-order valence-electron chi connectivity index (χ0n) is 44.4. The van der Waals surface area contributed by atoms with Crippen molar-refractivity contribution in [2.75, 3.05) is 40.9 Å². The maximum atomic E-state index is 12.9. The molecule has 0 aromatic rings. The summed E-state index contributed by atoms with van der Waals surface area (Å²) in [5, 5.41) is 13.8. The van der Waals surface area contributed by atoms with Crippen molar-refractivity contribution in [2.45, 2.75) is 283 Å². The Kier molecular flexibility index (Phi) is 47.8. The lowest BCUT2D eigenvalue weighted by molar-refractivity contribution is -0.870. The maximum absolute atomic E-state index is 12.9. The molecule has 0 saturated heterocycles. The van der Waals surface area contributed by atoms with Crippen LogP contribution >= 0.6 is 7.82 Å². The van der Waals surface area contributed by atoms with Crippen LogP contribution in [0.3, 0.4) is 0 Å². The monoisotopic (exact) mass is 951 g/mol. The first-order chi connectivity index (χ1) is 32.0. The van der Waals surface area contributed by atoms with Gasteiger partial charge in [0.15, 0.2) is 0 Å². The van der Waals surface area contributed by atoms with Gasteiger partial charge in [0.2, 0.25) is 5.91 Å². The minimum Gasteiger partial charge on any atom is -0.756 e. The molecule has 0 aliphatic rings. The number of phosphoric acid groups is 1. The first-order valence-corrected chi connectivity index (χ1v) is 29.8. The van der Waals surface area contributed by atoms with E-state index in [0.29, 0.717) is 17.4 Å². The van der Waals surface area contributed by atoms with E-state index in [2.05, 4.69) is 43.5 Å². The standard InChI is InChI=1S/C57H111N2O6P/c1-6-8-10-12-14-16-18-20-21-22-23-24-25-26-27-28-29-30-31-32-33-34-35-36-37-39-40-42-44-46-48-50-56(60)55(54-65-66(62,63)64-53-52-59(3,4)5)58-57(61)51-49-47-45-43-41-38-19-17-15-13-11-9-7-2/h17,19,40,42,48,50,55-56,60H,6-16,18,20-39,41,43-47,49,51-54H2,1-5H3,(H-,58,61,62,63)/b19-17-,42-40+,50-48+. The molecule has 0 aromatic heterocycles. The molecule has 0 saturated carbocycles. The Bertz CT molecular complexity index is 1170. The highest BCUT2D eigenvalue weighted by Crippen LogP contribution is 2.38. The van der Waals surface area contributed by atoms with Gasteiger partial charge >= 0.3 is 0 Å². The van der Waals surface area contributed by atoms with Gasteiger partial charge in [-0.1, -0.05) is 243 Å². The SMILES string of the molecule is CCCCCC/C=C\CCCCCCCC(=O)NC(COP(=O)([O-])OCC[N+](C)(C)C)C(O)/C=C/CC/C=C/CCCCCCCCCCCCCCCCCCCCCCCCCCC. The van der Waals surface area contributed by atoms with Crippen molar-refractivity contribution in [3.8, 4) is 0 Å². The van der Waals surface area contributed by atoms with Crippen LogP contribution in [-0.2, 0) is 18.4 Å². The number of carbonyl (C=O) groups excluding carboxylic acids is 1. The number of aliphatic hydroxyl groups is 1. The molecule has 1 amide bonds. The molecule has 0 fully saturated rings. The number of unbranched alkanes of at least 4 members (excludes halogenated alkanes) is 35. The second-order valence-corrected chi connectivity index (χ2v) is 22.0. The van der Waals surface area contributed by atoms with E-state index in [1.54, 1.807) is 6.08 Å². The average Bonchev–Trinajstić information content (AvgIpc) is 3.28. The fraction of sp³-hybridized carbons (Fsp3) is 0.877. The number of hydrogen-bond donors (Lipinski definition) is 2. The van der Waals surface area contributed by atoms with E-state index in [4.69, 9.17) is 9.05 Å². The Labute approximate surface area is 410 Å². The van der Waals surface area contributed by atoms with Crippen LogP contribution in [0.15, 0.2) is 36.5 Å². The van der Waals surface area contributed by atoms with Gasteiger partial charge in [-0.2, -0.15) is 0 Å². The van der Waals surface area contributed by atoms with E-state index in [1.807, 2.05) is 27.2 Å². The van der Waals surface area contributed by atoms with E-state index in [-0.39, 0.29) is 12.5 Å². The molecule has 0 aliphatic carbocycles. The molecule has 3 atom stereocenters. The molecule has 390 valence electrons. The lowest BCUT2D eigenvalue weighted by Crippen LogP contribution is -2.45. The fourth-order valence-corrected chi connectivity index (χ4v) is 9.06. The number of nitrogens with one attached hydrogen (secondary N) is 1. The van der Waals surface area contributed by atoms with Crippen molar-refractivity contribution in [2.24, 2.45) is 0 Å². The van der Waals surface area contributed by atoms with Crippen molar-refractivity contribution in [1.82, 2.24) is 5.32 Å². The van der Waals surface area contributed by atoms with E-state index >= 15 is 0 Å². The minimum absolute atomic E-state index is 0.00764. The van der Waals surface area contributed by atoms with Gasteiger partial charge < -0.3 is 28.8 Å². The summed E-state index contributed by atoms with van der Waals surface area (Å²) in [6.45, 7) is 4.62. The Hall–Kier alpha value is -1.28. The predicted octanol–water partition coefficient (Wildman–Crippen LogP) is 16.4. The van der Waals surface area contributed by atoms with Gasteiger partial charge in [-0.3, -0.25) is 9.36 Å². The molecule has 66 heavy (non-hydrogen) atoms. The second-order valence-electron chi connectivity index (χ2n) is 20.6. The Balaban J connectivity index is 4.13. The number of aliphatic hydroxyl groups excluding tert-OH is 1. The molecule has 0 spiro atoms. The van der Waals surface area contributed by atoms with E-state index < -0.39 is 26.6 Å². The number of rotatable bonds is 52. The third kappa shape index (κ3) is 50.6. The van der Waals surface area contributed by atoms with Crippen molar-refractivity contribution < 1.29 is 32.9 Å². The smallest absolute Gasteiger partial charge is 0.268 e.